The fourth-order valence-electron chi connectivity index (χ4n) is 2.80. The fourth-order valence-corrected chi connectivity index (χ4v) is 2.80. The number of hydrogen-bond donors (Lipinski definition) is 1. The molecule has 0 bridgehead atoms. The molecule has 1 aromatic heterocycles. The predicted molar refractivity (Wildman–Crippen MR) is 78.2 cm³/mol. The van der Waals surface area contributed by atoms with Gasteiger partial charge in [-0.05, 0) is 19.4 Å². The van der Waals surface area contributed by atoms with Crippen LogP contribution in [0.15, 0.2) is 23.1 Å². The van der Waals surface area contributed by atoms with Crippen molar-refractivity contribution in [3.8, 4) is 0 Å². The highest BCUT2D eigenvalue weighted by atomic mass is 16.6. The predicted octanol–water partition coefficient (Wildman–Crippen LogP) is 0.851. The van der Waals surface area contributed by atoms with Gasteiger partial charge in [0, 0.05) is 43.8 Å². The molecule has 0 aliphatic carbocycles. The number of rotatable bonds is 5. The molecule has 0 amide bonds. The van der Waals surface area contributed by atoms with E-state index in [0.717, 1.165) is 25.9 Å². The first kappa shape index (κ1) is 15.7. The highest BCUT2D eigenvalue weighted by molar-refractivity contribution is 5.24. The largest absolute Gasteiger partial charge is 0.396 e. The number of nitrogens with zero attached hydrogens (tertiary/aromatic N) is 3. The molecule has 2 rings (SSSR count). The maximum atomic E-state index is 11.7. The molecular formula is C14H21N3O4. The smallest absolute Gasteiger partial charge is 0.285 e. The van der Waals surface area contributed by atoms with Crippen LogP contribution in [0.4, 0.5) is 5.69 Å². The van der Waals surface area contributed by atoms with Crippen LogP contribution in [0.5, 0.6) is 0 Å². The second kappa shape index (κ2) is 6.36. The third kappa shape index (κ3) is 3.89. The van der Waals surface area contributed by atoms with E-state index in [-0.39, 0.29) is 23.3 Å². The van der Waals surface area contributed by atoms with Crippen molar-refractivity contribution in [3.05, 3.63) is 38.8 Å². The number of likely N-dealkylation sites (tertiary alicyclic amines) is 1. The maximum Gasteiger partial charge on any atom is 0.285 e. The Labute approximate surface area is 123 Å². The summed E-state index contributed by atoms with van der Waals surface area (Å²) in [6.45, 7) is 4.99. The lowest BCUT2D eigenvalue weighted by Crippen LogP contribution is -2.45. The average Bonchev–Trinajstić information content (AvgIpc) is 2.46. The molecule has 1 unspecified atom stereocenters. The Morgan fingerprint density at radius 3 is 2.86 bits per heavy atom. The lowest BCUT2D eigenvalue weighted by molar-refractivity contribution is -0.385. The third-order valence-corrected chi connectivity index (χ3v) is 4.08. The number of aliphatic hydroxyl groups is 1. The Balaban J connectivity index is 2.01. The summed E-state index contributed by atoms with van der Waals surface area (Å²) >= 11 is 0. The first-order valence-electron chi connectivity index (χ1n) is 7.12. The van der Waals surface area contributed by atoms with Crippen LogP contribution < -0.4 is 5.56 Å². The van der Waals surface area contributed by atoms with E-state index in [1.807, 2.05) is 0 Å². The molecule has 2 heterocycles. The Morgan fingerprint density at radius 1 is 1.43 bits per heavy atom. The van der Waals surface area contributed by atoms with Crippen LogP contribution in [0.25, 0.3) is 0 Å². The summed E-state index contributed by atoms with van der Waals surface area (Å²) in [5.41, 5.74) is -0.401. The van der Waals surface area contributed by atoms with Crippen LogP contribution in [0.1, 0.15) is 19.8 Å². The molecule has 0 radical (unpaired) electrons. The van der Waals surface area contributed by atoms with Crippen molar-refractivity contribution in [2.75, 3.05) is 26.2 Å². The highest BCUT2D eigenvalue weighted by Crippen LogP contribution is 2.28. The first-order chi connectivity index (χ1) is 9.93. The van der Waals surface area contributed by atoms with Crippen molar-refractivity contribution in [1.82, 2.24) is 9.47 Å². The number of nitro groups is 1. The van der Waals surface area contributed by atoms with Crippen LogP contribution in [0.3, 0.4) is 0 Å². The minimum absolute atomic E-state index is 0.0755. The number of aliphatic hydroxyl groups excluding tert-OH is 1. The van der Waals surface area contributed by atoms with Gasteiger partial charge < -0.3 is 14.6 Å². The van der Waals surface area contributed by atoms with Crippen LogP contribution >= 0.6 is 0 Å². The summed E-state index contributed by atoms with van der Waals surface area (Å²) < 4.78 is 1.38. The second-order valence-electron chi connectivity index (χ2n) is 6.02. The number of hydrogen-bond acceptors (Lipinski definition) is 5. The van der Waals surface area contributed by atoms with Gasteiger partial charge in [0.2, 0.25) is 0 Å². The SMILES string of the molecule is CC1(CO)CCCN(CCn2cc([N+](=O)[O-])ccc2=O)C1. The van der Waals surface area contributed by atoms with Crippen molar-refractivity contribution in [3.63, 3.8) is 0 Å². The van der Waals surface area contributed by atoms with Crippen LogP contribution in [0.2, 0.25) is 0 Å². The van der Waals surface area contributed by atoms with Gasteiger partial charge in [0.05, 0.1) is 11.1 Å². The molecule has 1 atom stereocenters. The Hall–Kier alpha value is -1.73. The molecule has 7 nitrogen and oxygen atoms in total. The van der Waals surface area contributed by atoms with Gasteiger partial charge in [0.25, 0.3) is 11.2 Å². The summed E-state index contributed by atoms with van der Waals surface area (Å²) in [5, 5.41) is 20.2. The van der Waals surface area contributed by atoms with Crippen molar-refractivity contribution < 1.29 is 10.0 Å². The first-order valence-corrected chi connectivity index (χ1v) is 7.12. The zero-order valence-corrected chi connectivity index (χ0v) is 12.2. The second-order valence-corrected chi connectivity index (χ2v) is 6.02. The quantitative estimate of drug-likeness (QED) is 0.642. The van der Waals surface area contributed by atoms with Gasteiger partial charge >= 0.3 is 0 Å². The zero-order chi connectivity index (χ0) is 15.5. The van der Waals surface area contributed by atoms with Gasteiger partial charge in [0.15, 0.2) is 0 Å². The summed E-state index contributed by atoms with van der Waals surface area (Å²) in [6.07, 6.45) is 3.30. The number of piperidine rings is 1. The van der Waals surface area contributed by atoms with Crippen molar-refractivity contribution >= 4 is 5.69 Å². The van der Waals surface area contributed by atoms with Gasteiger partial charge in [-0.15, -0.1) is 0 Å². The van der Waals surface area contributed by atoms with Crippen LogP contribution in [-0.2, 0) is 6.54 Å². The lowest BCUT2D eigenvalue weighted by atomic mass is 9.83. The van der Waals surface area contributed by atoms with E-state index in [1.165, 1.54) is 22.9 Å². The Morgan fingerprint density at radius 2 is 2.19 bits per heavy atom. The fraction of sp³-hybridized carbons (Fsp3) is 0.643. The monoisotopic (exact) mass is 295 g/mol. The Bertz CT molecular complexity index is 572. The minimum Gasteiger partial charge on any atom is -0.396 e. The minimum atomic E-state index is -0.500. The normalized spacial score (nSPS) is 23.1. The highest BCUT2D eigenvalue weighted by Gasteiger charge is 2.30. The summed E-state index contributed by atoms with van der Waals surface area (Å²) in [4.78, 5) is 24.2. The Kier molecular flexibility index (Phi) is 4.74. The topological polar surface area (TPSA) is 88.6 Å². The molecule has 0 saturated carbocycles. The van der Waals surface area contributed by atoms with Crippen LogP contribution in [-0.4, -0.2) is 45.7 Å². The van der Waals surface area contributed by atoms with Gasteiger partial charge in [-0.1, -0.05) is 6.92 Å². The van der Waals surface area contributed by atoms with Crippen molar-refractivity contribution in [1.29, 1.82) is 0 Å². The molecule has 1 saturated heterocycles. The summed E-state index contributed by atoms with van der Waals surface area (Å²) in [6, 6.07) is 2.45. The van der Waals surface area contributed by atoms with Gasteiger partial charge in [-0.3, -0.25) is 14.9 Å². The van der Waals surface area contributed by atoms with E-state index >= 15 is 0 Å². The average molecular weight is 295 g/mol. The molecule has 1 aliphatic heterocycles. The van der Waals surface area contributed by atoms with E-state index in [4.69, 9.17) is 0 Å². The van der Waals surface area contributed by atoms with Gasteiger partial charge in [-0.2, -0.15) is 0 Å². The van der Waals surface area contributed by atoms with Crippen molar-refractivity contribution in [2.45, 2.75) is 26.3 Å². The van der Waals surface area contributed by atoms with E-state index in [0.29, 0.717) is 13.1 Å². The summed E-state index contributed by atoms with van der Waals surface area (Å²) in [5.74, 6) is 0. The molecule has 7 heteroatoms. The van der Waals surface area contributed by atoms with Gasteiger partial charge in [0.1, 0.15) is 0 Å². The number of aromatic nitrogens is 1. The standard InChI is InChI=1S/C14H21N3O4/c1-14(11-18)5-2-6-15(10-14)7-8-16-9-12(17(20)21)3-4-13(16)19/h3-4,9,18H,2,5-8,10-11H2,1H3. The molecule has 0 spiro atoms. The van der Waals surface area contributed by atoms with E-state index in [2.05, 4.69) is 11.8 Å². The molecular weight excluding hydrogens is 274 g/mol. The van der Waals surface area contributed by atoms with E-state index < -0.39 is 4.92 Å². The summed E-state index contributed by atoms with van der Waals surface area (Å²) in [7, 11) is 0. The zero-order valence-electron chi connectivity index (χ0n) is 12.2. The molecule has 0 aromatic carbocycles. The third-order valence-electron chi connectivity index (χ3n) is 4.08. The molecule has 116 valence electrons. The lowest BCUT2D eigenvalue weighted by Gasteiger charge is -2.39. The molecule has 1 fully saturated rings. The maximum absolute atomic E-state index is 11.7. The van der Waals surface area contributed by atoms with E-state index in [9.17, 15) is 20.0 Å². The van der Waals surface area contributed by atoms with E-state index in [1.54, 1.807) is 0 Å². The molecule has 1 aliphatic rings. The van der Waals surface area contributed by atoms with Gasteiger partial charge in [-0.25, -0.2) is 0 Å². The molecule has 1 aromatic rings. The van der Waals surface area contributed by atoms with Crippen molar-refractivity contribution in [2.24, 2.45) is 5.41 Å². The number of pyridine rings is 1. The molecule has 21 heavy (non-hydrogen) atoms. The molecule has 1 N–H and O–H groups in total. The van der Waals surface area contributed by atoms with Crippen LogP contribution in [0, 0.1) is 15.5 Å².